The van der Waals surface area contributed by atoms with Gasteiger partial charge in [0, 0.05) is 37.7 Å². The first-order valence-electron chi connectivity index (χ1n) is 8.74. The molecule has 0 unspecified atom stereocenters. The first kappa shape index (κ1) is 16.8. The van der Waals surface area contributed by atoms with Gasteiger partial charge in [0.25, 0.3) is 5.91 Å². The van der Waals surface area contributed by atoms with Gasteiger partial charge in [-0.2, -0.15) is 0 Å². The van der Waals surface area contributed by atoms with Gasteiger partial charge in [0.05, 0.1) is 12.9 Å². The number of nitrogens with one attached hydrogen (secondary N) is 1. The highest BCUT2D eigenvalue weighted by Crippen LogP contribution is 2.35. The molecule has 7 heteroatoms. The lowest BCUT2D eigenvalue weighted by molar-refractivity contribution is 0.00289. The quantitative estimate of drug-likeness (QED) is 0.916. The van der Waals surface area contributed by atoms with E-state index < -0.39 is 5.60 Å². The molecule has 3 heterocycles. The molecular formula is C17H26N4O3. The van der Waals surface area contributed by atoms with Gasteiger partial charge in [-0.3, -0.25) is 4.79 Å². The normalized spacial score (nSPS) is 21.2. The van der Waals surface area contributed by atoms with E-state index in [0.717, 1.165) is 18.5 Å². The lowest BCUT2D eigenvalue weighted by Crippen LogP contribution is -2.49. The average Bonchev–Trinajstić information content (AvgIpc) is 3.11. The van der Waals surface area contributed by atoms with Crippen LogP contribution in [0.15, 0.2) is 6.33 Å². The van der Waals surface area contributed by atoms with E-state index in [4.69, 9.17) is 4.74 Å². The van der Waals surface area contributed by atoms with E-state index in [1.807, 2.05) is 11.8 Å². The molecule has 2 fully saturated rings. The largest absolute Gasteiger partial charge is 0.441 e. The maximum absolute atomic E-state index is 12.5. The standard InChI is InChI=1S/C17H26N4O3/c1-4-5-12(2)21-10-17(24-16(21)23)6-8-20(9-7-17)15(22)14-13(3)18-11-19-14/h11-12H,4-10H2,1-3H3,(H,18,19)/t12-/m1/s1. The van der Waals surface area contributed by atoms with Crippen molar-refractivity contribution in [3.63, 3.8) is 0 Å². The minimum absolute atomic E-state index is 0.0517. The third kappa shape index (κ3) is 2.99. The number of aryl methyl sites for hydroxylation is 1. The van der Waals surface area contributed by atoms with E-state index in [0.29, 0.717) is 38.2 Å². The van der Waals surface area contributed by atoms with Crippen molar-refractivity contribution in [1.82, 2.24) is 19.8 Å². The van der Waals surface area contributed by atoms with Crippen LogP contribution in [0.4, 0.5) is 4.79 Å². The average molecular weight is 334 g/mol. The first-order chi connectivity index (χ1) is 11.5. The summed E-state index contributed by atoms with van der Waals surface area (Å²) in [5, 5.41) is 0. The zero-order valence-electron chi connectivity index (χ0n) is 14.7. The highest BCUT2D eigenvalue weighted by Gasteiger charge is 2.48. The summed E-state index contributed by atoms with van der Waals surface area (Å²) in [6.07, 6.45) is 4.72. The van der Waals surface area contributed by atoms with Gasteiger partial charge < -0.3 is 19.5 Å². The third-order valence-corrected chi connectivity index (χ3v) is 5.23. The molecule has 2 amide bonds. The monoisotopic (exact) mass is 334 g/mol. The molecule has 24 heavy (non-hydrogen) atoms. The Kier molecular flexibility index (Phi) is 4.51. The molecule has 1 aromatic heterocycles. The van der Waals surface area contributed by atoms with Gasteiger partial charge >= 0.3 is 6.09 Å². The molecule has 0 aromatic carbocycles. The molecule has 1 atom stereocenters. The molecule has 3 rings (SSSR count). The second-order valence-electron chi connectivity index (χ2n) is 6.98. The van der Waals surface area contributed by atoms with Gasteiger partial charge in [0.15, 0.2) is 0 Å². The zero-order valence-corrected chi connectivity index (χ0v) is 14.7. The Morgan fingerprint density at radius 1 is 1.46 bits per heavy atom. The molecule has 1 aromatic rings. The Balaban J connectivity index is 1.62. The van der Waals surface area contributed by atoms with Crippen LogP contribution < -0.4 is 0 Å². The number of nitrogens with zero attached hydrogens (tertiary/aromatic N) is 3. The fourth-order valence-corrected chi connectivity index (χ4v) is 3.66. The molecule has 2 saturated heterocycles. The molecule has 0 saturated carbocycles. The van der Waals surface area contributed by atoms with E-state index in [9.17, 15) is 9.59 Å². The smallest absolute Gasteiger partial charge is 0.410 e. The number of aromatic amines is 1. The number of carbonyl (C=O) groups is 2. The number of H-pyrrole nitrogens is 1. The molecule has 132 valence electrons. The maximum atomic E-state index is 12.5. The van der Waals surface area contributed by atoms with Crippen LogP contribution in [0.1, 0.15) is 55.7 Å². The van der Waals surface area contributed by atoms with Crippen LogP contribution in [-0.2, 0) is 4.74 Å². The third-order valence-electron chi connectivity index (χ3n) is 5.23. The second kappa shape index (κ2) is 6.45. The molecule has 1 spiro atoms. The lowest BCUT2D eigenvalue weighted by atomic mass is 9.90. The van der Waals surface area contributed by atoms with E-state index >= 15 is 0 Å². The van der Waals surface area contributed by atoms with Crippen molar-refractivity contribution in [2.75, 3.05) is 19.6 Å². The van der Waals surface area contributed by atoms with E-state index in [1.54, 1.807) is 11.2 Å². The zero-order chi connectivity index (χ0) is 17.3. The molecule has 1 N–H and O–H groups in total. The van der Waals surface area contributed by atoms with Gasteiger partial charge in [-0.25, -0.2) is 9.78 Å². The molecule has 2 aliphatic rings. The minimum Gasteiger partial charge on any atom is -0.441 e. The van der Waals surface area contributed by atoms with E-state index in [-0.39, 0.29) is 18.0 Å². The molecule has 2 aliphatic heterocycles. The van der Waals surface area contributed by atoms with Gasteiger partial charge in [0.1, 0.15) is 11.3 Å². The Hall–Kier alpha value is -2.05. The van der Waals surface area contributed by atoms with Crippen LogP contribution in [0, 0.1) is 6.92 Å². The number of amides is 2. The van der Waals surface area contributed by atoms with Crippen LogP contribution in [-0.4, -0.2) is 63.0 Å². The minimum atomic E-state index is -0.434. The number of rotatable bonds is 4. The number of likely N-dealkylation sites (tertiary alicyclic amines) is 1. The van der Waals surface area contributed by atoms with Crippen molar-refractivity contribution < 1.29 is 14.3 Å². The number of hydrogen-bond acceptors (Lipinski definition) is 4. The van der Waals surface area contributed by atoms with Gasteiger partial charge in [-0.1, -0.05) is 13.3 Å². The van der Waals surface area contributed by atoms with Crippen LogP contribution >= 0.6 is 0 Å². The van der Waals surface area contributed by atoms with Crippen molar-refractivity contribution in [1.29, 1.82) is 0 Å². The van der Waals surface area contributed by atoms with Crippen molar-refractivity contribution in [3.8, 4) is 0 Å². The summed E-state index contributed by atoms with van der Waals surface area (Å²) in [6.45, 7) is 7.86. The van der Waals surface area contributed by atoms with Crippen LogP contribution in [0.5, 0.6) is 0 Å². The number of piperidine rings is 1. The summed E-state index contributed by atoms with van der Waals surface area (Å²) in [6, 6.07) is 0.202. The van der Waals surface area contributed by atoms with E-state index in [2.05, 4.69) is 23.8 Å². The van der Waals surface area contributed by atoms with Crippen molar-refractivity contribution >= 4 is 12.0 Å². The summed E-state index contributed by atoms with van der Waals surface area (Å²) in [5.41, 5.74) is 0.830. The predicted molar refractivity (Wildman–Crippen MR) is 88.8 cm³/mol. The van der Waals surface area contributed by atoms with Gasteiger partial charge in [0.2, 0.25) is 0 Å². The van der Waals surface area contributed by atoms with Gasteiger partial charge in [-0.15, -0.1) is 0 Å². The van der Waals surface area contributed by atoms with E-state index in [1.165, 1.54) is 0 Å². The maximum Gasteiger partial charge on any atom is 0.410 e. The number of hydrogen-bond donors (Lipinski definition) is 1. The van der Waals surface area contributed by atoms with Crippen LogP contribution in [0.25, 0.3) is 0 Å². The Bertz CT molecular complexity index is 619. The fraction of sp³-hybridized carbons (Fsp3) is 0.706. The van der Waals surface area contributed by atoms with Crippen molar-refractivity contribution in [3.05, 3.63) is 17.7 Å². The SMILES string of the molecule is CCC[C@@H](C)N1CC2(CCN(C(=O)c3nc[nH]c3C)CC2)OC1=O. The van der Waals surface area contributed by atoms with Crippen molar-refractivity contribution in [2.24, 2.45) is 0 Å². The van der Waals surface area contributed by atoms with Crippen LogP contribution in [0.2, 0.25) is 0 Å². The molecule has 0 bridgehead atoms. The molecular weight excluding hydrogens is 308 g/mol. The molecule has 7 nitrogen and oxygen atoms in total. The van der Waals surface area contributed by atoms with Crippen LogP contribution in [0.3, 0.4) is 0 Å². The molecule has 0 aliphatic carbocycles. The predicted octanol–water partition coefficient (Wildman–Crippen LogP) is 2.33. The molecule has 0 radical (unpaired) electrons. The number of carbonyl (C=O) groups excluding carboxylic acids is 2. The number of aromatic nitrogens is 2. The summed E-state index contributed by atoms with van der Waals surface area (Å²) < 4.78 is 5.74. The summed E-state index contributed by atoms with van der Waals surface area (Å²) >= 11 is 0. The van der Waals surface area contributed by atoms with Crippen molar-refractivity contribution in [2.45, 2.75) is 58.1 Å². The Morgan fingerprint density at radius 2 is 2.17 bits per heavy atom. The number of ether oxygens (including phenoxy) is 1. The summed E-state index contributed by atoms with van der Waals surface area (Å²) in [5.74, 6) is -0.0517. The topological polar surface area (TPSA) is 78.5 Å². The Morgan fingerprint density at radius 3 is 2.75 bits per heavy atom. The Labute approximate surface area is 142 Å². The summed E-state index contributed by atoms with van der Waals surface area (Å²) in [7, 11) is 0. The first-order valence-corrected chi connectivity index (χ1v) is 8.74. The number of imidazole rings is 1. The lowest BCUT2D eigenvalue weighted by Gasteiger charge is -2.37. The highest BCUT2D eigenvalue weighted by molar-refractivity contribution is 5.93. The highest BCUT2D eigenvalue weighted by atomic mass is 16.6. The fourth-order valence-electron chi connectivity index (χ4n) is 3.66. The second-order valence-corrected chi connectivity index (χ2v) is 6.98. The van der Waals surface area contributed by atoms with Gasteiger partial charge in [-0.05, 0) is 20.3 Å². The summed E-state index contributed by atoms with van der Waals surface area (Å²) in [4.78, 5) is 35.5.